The molecule has 0 aliphatic heterocycles. The Hall–Kier alpha value is -3.90. The lowest BCUT2D eigenvalue weighted by atomic mass is 10.1. The lowest BCUT2D eigenvalue weighted by Crippen LogP contribution is -2.13. The van der Waals surface area contributed by atoms with Crippen molar-refractivity contribution in [2.24, 2.45) is 0 Å². The van der Waals surface area contributed by atoms with Crippen LogP contribution in [-0.4, -0.2) is 22.0 Å². The van der Waals surface area contributed by atoms with E-state index < -0.39 is 5.97 Å². The number of halogens is 1. The normalized spacial score (nSPS) is 10.6. The van der Waals surface area contributed by atoms with E-state index in [0.29, 0.717) is 33.5 Å². The number of fused-ring (bicyclic) bond motifs is 1. The van der Waals surface area contributed by atoms with Gasteiger partial charge in [-0.25, -0.2) is 0 Å². The molecule has 0 bridgehead atoms. The van der Waals surface area contributed by atoms with Crippen molar-refractivity contribution in [1.29, 1.82) is 0 Å². The lowest BCUT2D eigenvalue weighted by Gasteiger charge is -2.10. The number of nitrogens with one attached hydrogen (secondary N) is 1. The van der Waals surface area contributed by atoms with Gasteiger partial charge in [0.15, 0.2) is 0 Å². The fourth-order valence-electron chi connectivity index (χ4n) is 3.05. The van der Waals surface area contributed by atoms with Gasteiger partial charge in [-0.2, -0.15) is 0 Å². The van der Waals surface area contributed by atoms with Gasteiger partial charge in [0.2, 0.25) is 0 Å². The number of aliphatic carboxylic acids is 1. The molecule has 0 spiro atoms. The first-order valence-corrected chi connectivity index (χ1v) is 9.80. The van der Waals surface area contributed by atoms with Crippen molar-refractivity contribution in [1.82, 2.24) is 4.98 Å². The van der Waals surface area contributed by atoms with Crippen LogP contribution in [-0.2, 0) is 11.2 Å². The highest BCUT2D eigenvalue weighted by molar-refractivity contribution is 6.32. The van der Waals surface area contributed by atoms with Crippen LogP contribution in [0.25, 0.3) is 10.8 Å². The zero-order chi connectivity index (χ0) is 21.8. The summed E-state index contributed by atoms with van der Waals surface area (Å²) >= 11 is 6.19. The van der Waals surface area contributed by atoms with E-state index in [9.17, 15) is 9.59 Å². The molecule has 0 aliphatic carbocycles. The largest absolute Gasteiger partial charge is 0.481 e. The molecule has 154 valence electrons. The third-order valence-electron chi connectivity index (χ3n) is 4.56. The average molecular weight is 433 g/mol. The summed E-state index contributed by atoms with van der Waals surface area (Å²) in [6.07, 6.45) is 1.56. The quantitative estimate of drug-likeness (QED) is 0.416. The third-order valence-corrected chi connectivity index (χ3v) is 4.85. The summed E-state index contributed by atoms with van der Waals surface area (Å²) in [5, 5.41) is 13.9. The van der Waals surface area contributed by atoms with Gasteiger partial charge in [0.25, 0.3) is 5.91 Å². The number of anilines is 1. The Morgan fingerprint density at radius 2 is 1.71 bits per heavy atom. The third kappa shape index (κ3) is 4.99. The number of benzene rings is 3. The Balaban J connectivity index is 1.43. The maximum atomic E-state index is 12.5. The zero-order valence-corrected chi connectivity index (χ0v) is 17.0. The van der Waals surface area contributed by atoms with Crippen molar-refractivity contribution in [3.05, 3.63) is 95.3 Å². The topological polar surface area (TPSA) is 88.5 Å². The Morgan fingerprint density at radius 1 is 0.968 bits per heavy atom. The van der Waals surface area contributed by atoms with Crippen LogP contribution in [0.3, 0.4) is 0 Å². The highest BCUT2D eigenvalue weighted by Gasteiger charge is 2.10. The number of aromatic nitrogens is 1. The summed E-state index contributed by atoms with van der Waals surface area (Å²) in [5.41, 5.74) is 1.51. The maximum Gasteiger partial charge on any atom is 0.307 e. The van der Waals surface area contributed by atoms with Crippen molar-refractivity contribution in [3.8, 4) is 11.5 Å². The van der Waals surface area contributed by atoms with E-state index in [1.165, 1.54) is 0 Å². The standard InChI is InChI=1S/C24H17ClN2O4/c25-20-11-15(12-23(28)29)5-10-22(20)31-19-8-6-18(7-9-19)27-24(30)21-13-16-3-1-2-4-17(16)14-26-21/h1-11,13-14H,12H2,(H,27,30)(H,28,29). The Kier molecular flexibility index (Phi) is 5.82. The molecule has 1 heterocycles. The van der Waals surface area contributed by atoms with Crippen LogP contribution in [0, 0.1) is 0 Å². The lowest BCUT2D eigenvalue weighted by molar-refractivity contribution is -0.136. The number of nitrogens with zero attached hydrogens (tertiary/aromatic N) is 1. The molecule has 3 aromatic carbocycles. The predicted molar refractivity (Wildman–Crippen MR) is 119 cm³/mol. The minimum absolute atomic E-state index is 0.111. The smallest absolute Gasteiger partial charge is 0.307 e. The minimum Gasteiger partial charge on any atom is -0.481 e. The Labute approximate surface area is 183 Å². The van der Waals surface area contributed by atoms with Crippen LogP contribution in [0.2, 0.25) is 5.02 Å². The number of hydrogen-bond donors (Lipinski definition) is 2. The molecule has 4 rings (SSSR count). The number of carboxylic acids is 1. The van der Waals surface area contributed by atoms with Gasteiger partial charge >= 0.3 is 5.97 Å². The van der Waals surface area contributed by atoms with E-state index >= 15 is 0 Å². The highest BCUT2D eigenvalue weighted by atomic mass is 35.5. The summed E-state index contributed by atoms with van der Waals surface area (Å²) in [6.45, 7) is 0. The van der Waals surface area contributed by atoms with Crippen LogP contribution in [0.1, 0.15) is 16.1 Å². The molecule has 0 aliphatic rings. The second kappa shape index (κ2) is 8.85. The van der Waals surface area contributed by atoms with E-state index in [0.717, 1.165) is 10.8 Å². The van der Waals surface area contributed by atoms with Gasteiger partial charge in [-0.15, -0.1) is 0 Å². The zero-order valence-electron chi connectivity index (χ0n) is 16.2. The molecule has 0 saturated carbocycles. The molecule has 0 atom stereocenters. The van der Waals surface area contributed by atoms with Gasteiger partial charge < -0.3 is 15.2 Å². The SMILES string of the molecule is O=C(O)Cc1ccc(Oc2ccc(NC(=O)c3cc4ccccc4cn3)cc2)c(Cl)c1. The van der Waals surface area contributed by atoms with Crippen molar-refractivity contribution in [3.63, 3.8) is 0 Å². The van der Waals surface area contributed by atoms with Crippen molar-refractivity contribution >= 4 is 39.9 Å². The van der Waals surface area contributed by atoms with Crippen molar-refractivity contribution < 1.29 is 19.4 Å². The first-order valence-electron chi connectivity index (χ1n) is 9.42. The van der Waals surface area contributed by atoms with E-state index in [-0.39, 0.29) is 12.3 Å². The van der Waals surface area contributed by atoms with Crippen molar-refractivity contribution in [2.45, 2.75) is 6.42 Å². The summed E-state index contributed by atoms with van der Waals surface area (Å²) in [6, 6.07) is 21.1. The molecule has 0 unspecified atom stereocenters. The highest BCUT2D eigenvalue weighted by Crippen LogP contribution is 2.31. The van der Waals surface area contributed by atoms with Gasteiger partial charge in [0.1, 0.15) is 17.2 Å². The number of pyridine rings is 1. The molecular formula is C24H17ClN2O4. The molecular weight excluding hydrogens is 416 g/mol. The molecule has 1 aromatic heterocycles. The second-order valence-electron chi connectivity index (χ2n) is 6.83. The molecule has 0 fully saturated rings. The number of carboxylic acid groups (broad SMARTS) is 1. The number of rotatable bonds is 6. The van der Waals surface area contributed by atoms with Crippen LogP contribution in [0.4, 0.5) is 5.69 Å². The number of hydrogen-bond acceptors (Lipinski definition) is 4. The Bertz CT molecular complexity index is 1270. The first-order chi connectivity index (χ1) is 15.0. The predicted octanol–water partition coefficient (Wildman–Crippen LogP) is 5.56. The summed E-state index contributed by atoms with van der Waals surface area (Å²) < 4.78 is 5.76. The van der Waals surface area contributed by atoms with E-state index in [4.69, 9.17) is 21.4 Å². The number of carbonyl (C=O) groups is 2. The van der Waals surface area contributed by atoms with Gasteiger partial charge in [0.05, 0.1) is 11.4 Å². The monoisotopic (exact) mass is 432 g/mol. The minimum atomic E-state index is -0.929. The number of ether oxygens (including phenoxy) is 1. The van der Waals surface area contributed by atoms with Gasteiger partial charge in [-0.3, -0.25) is 14.6 Å². The molecule has 2 N–H and O–H groups in total. The van der Waals surface area contributed by atoms with Gasteiger partial charge in [-0.05, 0) is 53.4 Å². The average Bonchev–Trinajstić information content (AvgIpc) is 2.76. The molecule has 6 nitrogen and oxygen atoms in total. The van der Waals surface area contributed by atoms with Gasteiger partial charge in [-0.1, -0.05) is 41.9 Å². The van der Waals surface area contributed by atoms with Crippen LogP contribution in [0.15, 0.2) is 79.0 Å². The fourth-order valence-corrected chi connectivity index (χ4v) is 3.29. The van der Waals surface area contributed by atoms with Gasteiger partial charge in [0, 0.05) is 17.3 Å². The van der Waals surface area contributed by atoms with Crippen molar-refractivity contribution in [2.75, 3.05) is 5.32 Å². The molecule has 1 amide bonds. The Morgan fingerprint density at radius 3 is 2.42 bits per heavy atom. The van der Waals surface area contributed by atoms with Crippen LogP contribution in [0.5, 0.6) is 11.5 Å². The molecule has 31 heavy (non-hydrogen) atoms. The van der Waals surface area contributed by atoms with Crippen LogP contribution < -0.4 is 10.1 Å². The number of amides is 1. The second-order valence-corrected chi connectivity index (χ2v) is 7.24. The summed E-state index contributed by atoms with van der Waals surface area (Å²) in [5.74, 6) is -0.305. The molecule has 0 saturated heterocycles. The van der Waals surface area contributed by atoms with E-state index in [1.54, 1.807) is 54.7 Å². The maximum absolute atomic E-state index is 12.5. The summed E-state index contributed by atoms with van der Waals surface area (Å²) in [4.78, 5) is 27.5. The van der Waals surface area contributed by atoms with E-state index in [2.05, 4.69) is 10.3 Å². The molecule has 7 heteroatoms. The molecule has 4 aromatic rings. The number of carbonyl (C=O) groups excluding carboxylic acids is 1. The fraction of sp³-hybridized carbons (Fsp3) is 0.0417. The van der Waals surface area contributed by atoms with Crippen LogP contribution >= 0.6 is 11.6 Å². The molecule has 0 radical (unpaired) electrons. The first kappa shape index (κ1) is 20.4. The van der Waals surface area contributed by atoms with E-state index in [1.807, 2.05) is 24.3 Å². The summed E-state index contributed by atoms with van der Waals surface area (Å²) in [7, 11) is 0.